The van der Waals surface area contributed by atoms with E-state index in [9.17, 15) is 4.39 Å². The van der Waals surface area contributed by atoms with Gasteiger partial charge in [0.25, 0.3) is 5.89 Å². The van der Waals surface area contributed by atoms with Crippen molar-refractivity contribution in [3.8, 4) is 11.5 Å². The Bertz CT molecular complexity index is 529. The monoisotopic (exact) mass is 255 g/mol. The number of hydrogen-bond donors (Lipinski definition) is 1. The Balaban J connectivity index is 2.33. The lowest BCUT2D eigenvalue weighted by Crippen LogP contribution is -2.10. The van der Waals surface area contributed by atoms with Crippen molar-refractivity contribution in [2.45, 2.75) is 12.8 Å². The van der Waals surface area contributed by atoms with Crippen molar-refractivity contribution in [1.82, 2.24) is 10.1 Å². The minimum Gasteiger partial charge on any atom is -0.334 e. The number of hydrogen-bond acceptors (Lipinski definition) is 4. The van der Waals surface area contributed by atoms with Gasteiger partial charge in [0.15, 0.2) is 5.82 Å². The van der Waals surface area contributed by atoms with Gasteiger partial charge in [0.05, 0.1) is 5.02 Å². The zero-order chi connectivity index (χ0) is 12.4. The largest absolute Gasteiger partial charge is 0.334 e. The molecule has 17 heavy (non-hydrogen) atoms. The molecule has 0 saturated carbocycles. The number of nitrogens with zero attached hydrogens (tertiary/aromatic N) is 2. The summed E-state index contributed by atoms with van der Waals surface area (Å²) in [5.74, 6) is 0.374. The smallest absolute Gasteiger partial charge is 0.257 e. The highest BCUT2D eigenvalue weighted by atomic mass is 35.5. The van der Waals surface area contributed by atoms with Crippen LogP contribution in [-0.4, -0.2) is 16.7 Å². The third kappa shape index (κ3) is 2.45. The predicted molar refractivity (Wildman–Crippen MR) is 62.2 cm³/mol. The van der Waals surface area contributed by atoms with Gasteiger partial charge in [-0.3, -0.25) is 0 Å². The third-order valence-electron chi connectivity index (χ3n) is 2.40. The van der Waals surface area contributed by atoms with Gasteiger partial charge in [0.2, 0.25) is 0 Å². The highest BCUT2D eigenvalue weighted by molar-refractivity contribution is 6.31. The van der Waals surface area contributed by atoms with E-state index in [2.05, 4.69) is 10.1 Å². The van der Waals surface area contributed by atoms with Gasteiger partial charge >= 0.3 is 0 Å². The SMILES string of the molecule is CC(CN)c1noc(-c2ccc(F)c(Cl)c2)n1. The van der Waals surface area contributed by atoms with Crippen LogP contribution < -0.4 is 5.73 Å². The summed E-state index contributed by atoms with van der Waals surface area (Å²) in [5, 5.41) is 3.83. The van der Waals surface area contributed by atoms with Crippen LogP contribution in [0.3, 0.4) is 0 Å². The first-order chi connectivity index (χ1) is 8.11. The molecule has 1 aromatic heterocycles. The van der Waals surface area contributed by atoms with Crippen LogP contribution in [0.4, 0.5) is 4.39 Å². The Labute approximate surface area is 103 Å². The standard InChI is InChI=1S/C11H11ClFN3O/c1-6(5-14)10-15-11(17-16-10)7-2-3-9(13)8(12)4-7/h2-4,6H,5,14H2,1H3. The second-order valence-electron chi connectivity index (χ2n) is 3.72. The zero-order valence-corrected chi connectivity index (χ0v) is 9.91. The minimum absolute atomic E-state index is 0.0171. The van der Waals surface area contributed by atoms with Crippen molar-refractivity contribution in [1.29, 1.82) is 0 Å². The molecule has 0 saturated heterocycles. The molecule has 1 heterocycles. The summed E-state index contributed by atoms with van der Waals surface area (Å²) in [4.78, 5) is 4.18. The topological polar surface area (TPSA) is 64.9 Å². The number of aromatic nitrogens is 2. The van der Waals surface area contributed by atoms with Crippen LogP contribution in [0, 0.1) is 5.82 Å². The molecule has 1 unspecified atom stereocenters. The lowest BCUT2D eigenvalue weighted by atomic mass is 10.2. The first-order valence-corrected chi connectivity index (χ1v) is 5.48. The second-order valence-corrected chi connectivity index (χ2v) is 4.13. The Morgan fingerprint density at radius 2 is 2.29 bits per heavy atom. The second kappa shape index (κ2) is 4.81. The Hall–Kier alpha value is -1.46. The van der Waals surface area contributed by atoms with E-state index in [0.29, 0.717) is 23.8 Å². The predicted octanol–water partition coefficient (Wildman–Crippen LogP) is 2.59. The van der Waals surface area contributed by atoms with E-state index in [4.69, 9.17) is 21.9 Å². The van der Waals surface area contributed by atoms with Gasteiger partial charge in [0.1, 0.15) is 5.82 Å². The van der Waals surface area contributed by atoms with E-state index < -0.39 is 5.82 Å². The summed E-state index contributed by atoms with van der Waals surface area (Å²) in [6.45, 7) is 2.33. The van der Waals surface area contributed by atoms with Crippen LogP contribution in [0.1, 0.15) is 18.7 Å². The maximum atomic E-state index is 13.0. The molecule has 0 aliphatic rings. The molecule has 0 fully saturated rings. The highest BCUT2D eigenvalue weighted by Gasteiger charge is 2.14. The molecule has 0 amide bonds. The lowest BCUT2D eigenvalue weighted by Gasteiger charge is -1.99. The van der Waals surface area contributed by atoms with E-state index in [1.54, 1.807) is 0 Å². The molecule has 90 valence electrons. The van der Waals surface area contributed by atoms with Gasteiger partial charge < -0.3 is 10.3 Å². The summed E-state index contributed by atoms with van der Waals surface area (Å²) in [7, 11) is 0. The van der Waals surface area contributed by atoms with Crippen molar-refractivity contribution < 1.29 is 8.91 Å². The summed E-state index contributed by atoms with van der Waals surface area (Å²) < 4.78 is 18.1. The maximum absolute atomic E-state index is 13.0. The zero-order valence-electron chi connectivity index (χ0n) is 9.15. The van der Waals surface area contributed by atoms with Gasteiger partial charge in [0, 0.05) is 18.0 Å². The van der Waals surface area contributed by atoms with Gasteiger partial charge in [-0.2, -0.15) is 4.98 Å². The quantitative estimate of drug-likeness (QED) is 0.916. The molecule has 0 aliphatic carbocycles. The van der Waals surface area contributed by atoms with Crippen LogP contribution in [0.15, 0.2) is 22.7 Å². The molecule has 6 heteroatoms. The van der Waals surface area contributed by atoms with E-state index >= 15 is 0 Å². The molecule has 0 bridgehead atoms. The molecule has 0 aliphatic heterocycles. The molecular formula is C11H11ClFN3O. The van der Waals surface area contributed by atoms with Crippen LogP contribution in [-0.2, 0) is 0 Å². The average molecular weight is 256 g/mol. The normalized spacial score (nSPS) is 12.7. The minimum atomic E-state index is -0.481. The summed E-state index contributed by atoms with van der Waals surface area (Å²) >= 11 is 5.68. The molecule has 1 aromatic carbocycles. The van der Waals surface area contributed by atoms with E-state index in [1.807, 2.05) is 6.92 Å². The number of rotatable bonds is 3. The number of halogens is 2. The van der Waals surface area contributed by atoms with Crippen molar-refractivity contribution in [2.24, 2.45) is 5.73 Å². The fourth-order valence-electron chi connectivity index (χ4n) is 1.29. The van der Waals surface area contributed by atoms with Crippen molar-refractivity contribution in [3.63, 3.8) is 0 Å². The van der Waals surface area contributed by atoms with E-state index in [0.717, 1.165) is 0 Å². The highest BCUT2D eigenvalue weighted by Crippen LogP contribution is 2.24. The molecular weight excluding hydrogens is 245 g/mol. The van der Waals surface area contributed by atoms with Crippen molar-refractivity contribution >= 4 is 11.6 Å². The first kappa shape index (κ1) is 12.0. The fraction of sp³-hybridized carbons (Fsp3) is 0.273. The van der Waals surface area contributed by atoms with Crippen LogP contribution in [0.5, 0.6) is 0 Å². The molecule has 1 atom stereocenters. The molecule has 2 N–H and O–H groups in total. The lowest BCUT2D eigenvalue weighted by molar-refractivity contribution is 0.418. The van der Waals surface area contributed by atoms with Gasteiger partial charge in [-0.15, -0.1) is 0 Å². The molecule has 2 aromatic rings. The van der Waals surface area contributed by atoms with Crippen LogP contribution in [0.25, 0.3) is 11.5 Å². The summed E-state index contributed by atoms with van der Waals surface area (Å²) in [6, 6.07) is 4.24. The summed E-state index contributed by atoms with van der Waals surface area (Å²) in [6.07, 6.45) is 0. The molecule has 2 rings (SSSR count). The van der Waals surface area contributed by atoms with E-state index in [-0.39, 0.29) is 10.9 Å². The number of benzene rings is 1. The Kier molecular flexibility index (Phi) is 3.40. The maximum Gasteiger partial charge on any atom is 0.257 e. The average Bonchev–Trinajstić information content (AvgIpc) is 2.81. The van der Waals surface area contributed by atoms with Gasteiger partial charge in [-0.25, -0.2) is 4.39 Å². The number of nitrogens with two attached hydrogens (primary N) is 1. The fourth-order valence-corrected chi connectivity index (χ4v) is 1.47. The van der Waals surface area contributed by atoms with Gasteiger partial charge in [-0.05, 0) is 18.2 Å². The third-order valence-corrected chi connectivity index (χ3v) is 2.69. The van der Waals surface area contributed by atoms with Crippen molar-refractivity contribution in [3.05, 3.63) is 34.9 Å². The molecule has 0 spiro atoms. The van der Waals surface area contributed by atoms with E-state index in [1.165, 1.54) is 18.2 Å². The molecule has 4 nitrogen and oxygen atoms in total. The molecule has 0 radical (unpaired) electrons. The van der Waals surface area contributed by atoms with Gasteiger partial charge in [-0.1, -0.05) is 23.7 Å². The first-order valence-electron chi connectivity index (χ1n) is 5.11. The van der Waals surface area contributed by atoms with Crippen LogP contribution in [0.2, 0.25) is 5.02 Å². The summed E-state index contributed by atoms with van der Waals surface area (Å²) in [5.41, 5.74) is 6.09. The van der Waals surface area contributed by atoms with Crippen molar-refractivity contribution in [2.75, 3.05) is 6.54 Å². The Morgan fingerprint density at radius 1 is 1.53 bits per heavy atom. The Morgan fingerprint density at radius 3 is 2.94 bits per heavy atom. The van der Waals surface area contributed by atoms with Crippen LogP contribution >= 0.6 is 11.6 Å².